The van der Waals surface area contributed by atoms with Crippen molar-refractivity contribution in [3.8, 4) is 0 Å². The Morgan fingerprint density at radius 1 is 1.04 bits per heavy atom. The van der Waals surface area contributed by atoms with E-state index in [1.54, 1.807) is 24.3 Å². The van der Waals surface area contributed by atoms with Crippen molar-refractivity contribution >= 4 is 35.2 Å². The minimum atomic E-state index is -0.477. The number of rotatable bonds is 2. The smallest absolute Gasteiger partial charge is 0.284 e. The first-order valence-corrected chi connectivity index (χ1v) is 8.98. The molecule has 0 bridgehead atoms. The third-order valence-electron chi connectivity index (χ3n) is 4.22. The van der Waals surface area contributed by atoms with Crippen LogP contribution >= 0.6 is 11.8 Å². The molecule has 0 aliphatic carbocycles. The van der Waals surface area contributed by atoms with Crippen LogP contribution in [0.15, 0.2) is 36.8 Å². The first-order valence-electron chi connectivity index (χ1n) is 7.82. The van der Waals surface area contributed by atoms with E-state index < -0.39 is 11.8 Å². The van der Waals surface area contributed by atoms with Gasteiger partial charge in [0.1, 0.15) is 12.0 Å². The number of anilines is 1. The van der Waals surface area contributed by atoms with Crippen LogP contribution in [0.3, 0.4) is 0 Å². The zero-order chi connectivity index (χ0) is 17.4. The van der Waals surface area contributed by atoms with Crippen molar-refractivity contribution in [2.24, 2.45) is 0 Å². The topological polar surface area (TPSA) is 83.5 Å². The minimum Gasteiger partial charge on any atom is -0.337 e. The second kappa shape index (κ2) is 6.29. The van der Waals surface area contributed by atoms with Gasteiger partial charge in [-0.3, -0.25) is 14.4 Å². The van der Waals surface area contributed by atoms with Crippen molar-refractivity contribution in [1.29, 1.82) is 0 Å². The van der Waals surface area contributed by atoms with E-state index in [9.17, 15) is 14.4 Å². The first-order chi connectivity index (χ1) is 12.2. The number of hydrogen-bond donors (Lipinski definition) is 0. The van der Waals surface area contributed by atoms with Crippen LogP contribution in [0.4, 0.5) is 5.69 Å². The van der Waals surface area contributed by atoms with Gasteiger partial charge >= 0.3 is 0 Å². The lowest BCUT2D eigenvalue weighted by Gasteiger charge is -2.26. The molecule has 0 radical (unpaired) electrons. The van der Waals surface area contributed by atoms with Gasteiger partial charge in [-0.1, -0.05) is 0 Å². The Hall–Kier alpha value is -2.74. The highest BCUT2D eigenvalue weighted by atomic mass is 32.2. The number of aromatic nitrogens is 2. The van der Waals surface area contributed by atoms with Gasteiger partial charge in [0.15, 0.2) is 0 Å². The number of amides is 3. The quantitative estimate of drug-likeness (QED) is 0.760. The number of imide groups is 1. The largest absolute Gasteiger partial charge is 0.337 e. The van der Waals surface area contributed by atoms with Crippen LogP contribution in [0, 0.1) is 0 Å². The molecule has 1 aromatic heterocycles. The molecule has 1 fully saturated rings. The van der Waals surface area contributed by atoms with E-state index in [4.69, 9.17) is 0 Å². The van der Waals surface area contributed by atoms with Gasteiger partial charge in [0.05, 0.1) is 11.3 Å². The molecule has 7 nitrogen and oxygen atoms in total. The lowest BCUT2D eigenvalue weighted by molar-refractivity contribution is 0.0772. The lowest BCUT2D eigenvalue weighted by Crippen LogP contribution is -2.37. The molecule has 0 N–H and O–H groups in total. The number of thioether (sulfide) groups is 1. The fourth-order valence-corrected chi connectivity index (χ4v) is 3.81. The SMILES string of the molecule is O=C(c1ccc(N2C(=O)c3cncnc3C2=O)cc1)N1CCSCC1. The maximum Gasteiger partial charge on any atom is 0.284 e. The summed E-state index contributed by atoms with van der Waals surface area (Å²) in [6.07, 6.45) is 2.58. The summed E-state index contributed by atoms with van der Waals surface area (Å²) in [5.74, 6) is 0.933. The molecule has 3 amide bonds. The van der Waals surface area contributed by atoms with Crippen LogP contribution in [0.1, 0.15) is 31.2 Å². The normalized spacial score (nSPS) is 17.0. The monoisotopic (exact) mass is 354 g/mol. The fourth-order valence-electron chi connectivity index (χ4n) is 2.91. The predicted molar refractivity (Wildman–Crippen MR) is 92.8 cm³/mol. The number of benzene rings is 1. The molecule has 4 rings (SSSR count). The molecule has 25 heavy (non-hydrogen) atoms. The maximum absolute atomic E-state index is 12.5. The Kier molecular flexibility index (Phi) is 3.96. The van der Waals surface area contributed by atoms with Gasteiger partial charge in [-0.05, 0) is 24.3 Å². The molecular weight excluding hydrogens is 340 g/mol. The van der Waals surface area contributed by atoms with Gasteiger partial charge in [-0.25, -0.2) is 14.9 Å². The highest BCUT2D eigenvalue weighted by Crippen LogP contribution is 2.27. The van der Waals surface area contributed by atoms with Gasteiger partial charge in [0, 0.05) is 36.4 Å². The van der Waals surface area contributed by atoms with Gasteiger partial charge in [0.2, 0.25) is 0 Å². The van der Waals surface area contributed by atoms with Crippen LogP contribution in [-0.2, 0) is 0 Å². The Bertz CT molecular complexity index is 827. The Labute approximate surface area is 148 Å². The molecule has 0 atom stereocenters. The van der Waals surface area contributed by atoms with E-state index in [0.717, 1.165) is 29.5 Å². The van der Waals surface area contributed by atoms with E-state index in [0.29, 0.717) is 11.3 Å². The zero-order valence-corrected chi connectivity index (χ0v) is 14.0. The van der Waals surface area contributed by atoms with Crippen molar-refractivity contribution < 1.29 is 14.4 Å². The number of hydrogen-bond acceptors (Lipinski definition) is 6. The summed E-state index contributed by atoms with van der Waals surface area (Å²) in [7, 11) is 0. The second-order valence-electron chi connectivity index (χ2n) is 5.68. The van der Waals surface area contributed by atoms with Crippen molar-refractivity contribution in [3.63, 3.8) is 0 Å². The van der Waals surface area contributed by atoms with Crippen LogP contribution in [0.5, 0.6) is 0 Å². The summed E-state index contributed by atoms with van der Waals surface area (Å²) in [6.45, 7) is 1.48. The van der Waals surface area contributed by atoms with E-state index in [1.165, 1.54) is 12.5 Å². The summed E-state index contributed by atoms with van der Waals surface area (Å²) in [4.78, 5) is 47.9. The van der Waals surface area contributed by atoms with Crippen LogP contribution < -0.4 is 4.90 Å². The van der Waals surface area contributed by atoms with Crippen molar-refractivity contribution in [3.05, 3.63) is 53.6 Å². The van der Waals surface area contributed by atoms with E-state index >= 15 is 0 Å². The van der Waals surface area contributed by atoms with Crippen molar-refractivity contribution in [2.45, 2.75) is 0 Å². The van der Waals surface area contributed by atoms with E-state index in [1.807, 2.05) is 16.7 Å². The molecule has 2 aliphatic heterocycles. The molecule has 0 saturated carbocycles. The molecular formula is C17H14N4O3S. The summed E-state index contributed by atoms with van der Waals surface area (Å²) < 4.78 is 0. The summed E-state index contributed by atoms with van der Waals surface area (Å²) >= 11 is 1.84. The van der Waals surface area contributed by atoms with Crippen LogP contribution in [-0.4, -0.2) is 57.2 Å². The van der Waals surface area contributed by atoms with Gasteiger partial charge in [-0.2, -0.15) is 11.8 Å². The van der Waals surface area contributed by atoms with Gasteiger partial charge in [0.25, 0.3) is 17.7 Å². The van der Waals surface area contributed by atoms with Crippen molar-refractivity contribution in [1.82, 2.24) is 14.9 Å². The van der Waals surface area contributed by atoms with Crippen molar-refractivity contribution in [2.75, 3.05) is 29.5 Å². The number of carbonyl (C=O) groups is 3. The summed E-state index contributed by atoms with van der Waals surface area (Å²) in [6, 6.07) is 6.52. The number of nitrogens with zero attached hydrogens (tertiary/aromatic N) is 4. The standard InChI is InChI=1S/C17H14N4O3S/c22-15(20-5-7-25-8-6-20)11-1-3-12(4-2-11)21-16(23)13-9-18-10-19-14(13)17(21)24/h1-4,9-10H,5-8H2. The minimum absolute atomic E-state index is 0.0277. The fraction of sp³-hybridized carbons (Fsp3) is 0.235. The average molecular weight is 354 g/mol. The zero-order valence-electron chi connectivity index (χ0n) is 13.2. The summed E-state index contributed by atoms with van der Waals surface area (Å²) in [5.41, 5.74) is 1.26. The molecule has 1 aromatic carbocycles. The molecule has 8 heteroatoms. The molecule has 0 spiro atoms. The number of carbonyl (C=O) groups excluding carboxylic acids is 3. The molecule has 3 heterocycles. The lowest BCUT2D eigenvalue weighted by atomic mass is 10.1. The van der Waals surface area contributed by atoms with Gasteiger partial charge < -0.3 is 4.90 Å². The van der Waals surface area contributed by atoms with E-state index in [2.05, 4.69) is 9.97 Å². The van der Waals surface area contributed by atoms with E-state index in [-0.39, 0.29) is 17.2 Å². The molecule has 126 valence electrons. The summed E-state index contributed by atoms with van der Waals surface area (Å²) in [5, 5.41) is 0. The van der Waals surface area contributed by atoms with Crippen LogP contribution in [0.25, 0.3) is 0 Å². The Morgan fingerprint density at radius 2 is 1.76 bits per heavy atom. The predicted octanol–water partition coefficient (Wildman–Crippen LogP) is 1.47. The highest BCUT2D eigenvalue weighted by Gasteiger charge is 2.38. The maximum atomic E-state index is 12.5. The van der Waals surface area contributed by atoms with Gasteiger partial charge in [-0.15, -0.1) is 0 Å². The van der Waals surface area contributed by atoms with Crippen LogP contribution in [0.2, 0.25) is 0 Å². The number of fused-ring (bicyclic) bond motifs is 1. The molecule has 0 unspecified atom stereocenters. The Morgan fingerprint density at radius 3 is 2.44 bits per heavy atom. The third-order valence-corrected chi connectivity index (χ3v) is 5.16. The molecule has 2 aromatic rings. The average Bonchev–Trinajstić information content (AvgIpc) is 2.93. The molecule has 1 saturated heterocycles. The Balaban J connectivity index is 1.58. The molecule has 2 aliphatic rings. The first kappa shape index (κ1) is 15.8. The third kappa shape index (κ3) is 2.68. The highest BCUT2D eigenvalue weighted by molar-refractivity contribution is 7.99. The second-order valence-corrected chi connectivity index (χ2v) is 6.91.